The van der Waals surface area contributed by atoms with Crippen LogP contribution in [0.25, 0.3) is 0 Å². The normalized spacial score (nSPS) is 16.6. The second kappa shape index (κ2) is 11.8. The van der Waals surface area contributed by atoms with Crippen molar-refractivity contribution in [3.8, 4) is 0 Å². The van der Waals surface area contributed by atoms with Crippen LogP contribution in [0.15, 0.2) is 0 Å². The summed E-state index contributed by atoms with van der Waals surface area (Å²) in [6.45, 7) is 23.8. The molecule has 24 heavy (non-hydrogen) atoms. The Labute approximate surface area is 155 Å². The van der Waals surface area contributed by atoms with Crippen LogP contribution in [0.4, 0.5) is 0 Å². The Kier molecular flexibility index (Phi) is 12.0. The van der Waals surface area contributed by atoms with Gasteiger partial charge >= 0.3 is 8.56 Å². The summed E-state index contributed by atoms with van der Waals surface area (Å²) in [6, 6.07) is 1.12. The van der Waals surface area contributed by atoms with Gasteiger partial charge in [0.25, 0.3) is 0 Å². The lowest BCUT2D eigenvalue weighted by atomic mass is 10.0. The van der Waals surface area contributed by atoms with E-state index in [1.165, 1.54) is 38.8 Å². The van der Waals surface area contributed by atoms with Crippen molar-refractivity contribution in [2.75, 3.05) is 19.7 Å². The highest BCUT2D eigenvalue weighted by atomic mass is 28.4. The maximum Gasteiger partial charge on any atom is 0.334 e. The topological polar surface area (TPSA) is 21.7 Å². The number of unbranched alkanes of at least 4 members (excludes halogenated alkanes) is 2. The molecular formula is C19H45NO2Si2. The molecule has 0 aliphatic rings. The van der Waals surface area contributed by atoms with Crippen molar-refractivity contribution in [1.82, 2.24) is 4.90 Å². The van der Waals surface area contributed by atoms with Crippen LogP contribution in [0.2, 0.25) is 25.7 Å². The van der Waals surface area contributed by atoms with Gasteiger partial charge < -0.3 is 8.85 Å². The van der Waals surface area contributed by atoms with Gasteiger partial charge in [-0.05, 0) is 73.1 Å². The average Bonchev–Trinajstić information content (AvgIpc) is 2.45. The predicted molar refractivity (Wildman–Crippen MR) is 113 cm³/mol. The number of hydrogen-bond acceptors (Lipinski definition) is 3. The van der Waals surface area contributed by atoms with E-state index in [0.29, 0.717) is 5.73 Å². The Bertz CT molecular complexity index is 321. The van der Waals surface area contributed by atoms with Crippen molar-refractivity contribution in [2.24, 2.45) is 0 Å². The van der Waals surface area contributed by atoms with E-state index in [1.54, 1.807) is 0 Å². The smallest absolute Gasteiger partial charge is 0.334 e. The van der Waals surface area contributed by atoms with E-state index in [4.69, 9.17) is 8.85 Å². The zero-order valence-electron chi connectivity index (χ0n) is 18.1. The minimum absolute atomic E-state index is 0.268. The zero-order valence-corrected chi connectivity index (χ0v) is 20.2. The summed E-state index contributed by atoms with van der Waals surface area (Å²) in [5.74, 6) is 0. The van der Waals surface area contributed by atoms with Crippen LogP contribution >= 0.6 is 0 Å². The molecular weight excluding hydrogens is 330 g/mol. The first-order valence-corrected chi connectivity index (χ1v) is 15.6. The van der Waals surface area contributed by atoms with E-state index >= 15 is 0 Å². The molecule has 0 radical (unpaired) electrons. The van der Waals surface area contributed by atoms with Crippen LogP contribution in [0.3, 0.4) is 0 Å². The maximum atomic E-state index is 6.44. The van der Waals surface area contributed by atoms with Gasteiger partial charge in [0.15, 0.2) is 0 Å². The number of hydrogen-bond donors (Lipinski definition) is 0. The zero-order chi connectivity index (χ0) is 18.8. The fourth-order valence-corrected chi connectivity index (χ4v) is 7.45. The van der Waals surface area contributed by atoms with Crippen molar-refractivity contribution in [3.05, 3.63) is 0 Å². The van der Waals surface area contributed by atoms with Crippen LogP contribution in [0.5, 0.6) is 0 Å². The van der Waals surface area contributed by atoms with Gasteiger partial charge in [0.05, 0.1) is 8.80 Å². The minimum atomic E-state index is -2.00. The maximum absolute atomic E-state index is 6.44. The highest BCUT2D eigenvalue weighted by molar-refractivity contribution is 6.67. The summed E-state index contributed by atoms with van der Waals surface area (Å²) in [6.07, 6.45) is 5.02. The molecule has 0 aliphatic heterocycles. The van der Waals surface area contributed by atoms with Crippen LogP contribution < -0.4 is 0 Å². The Morgan fingerprint density at radius 3 is 2.08 bits per heavy atom. The molecule has 0 fully saturated rings. The molecule has 0 bridgehead atoms. The molecule has 2 atom stereocenters. The lowest BCUT2D eigenvalue weighted by molar-refractivity contribution is 0.131. The lowest BCUT2D eigenvalue weighted by Gasteiger charge is -2.36. The predicted octanol–water partition coefficient (Wildman–Crippen LogP) is 5.21. The largest absolute Gasteiger partial charge is 0.395 e. The van der Waals surface area contributed by atoms with Gasteiger partial charge in [-0.15, -0.1) is 0 Å². The number of rotatable bonds is 13. The molecule has 0 saturated carbocycles. The summed E-state index contributed by atoms with van der Waals surface area (Å²) in [7, 11) is -2.76. The Morgan fingerprint density at radius 2 is 1.62 bits per heavy atom. The fourth-order valence-electron chi connectivity index (χ4n) is 2.88. The number of nitrogens with zero attached hydrogens (tertiary/aromatic N) is 1. The molecule has 0 saturated heterocycles. The van der Waals surface area contributed by atoms with Gasteiger partial charge in [-0.3, -0.25) is 4.90 Å². The molecule has 0 aromatic carbocycles. The first-order chi connectivity index (χ1) is 11.1. The Morgan fingerprint density at radius 1 is 1.04 bits per heavy atom. The lowest BCUT2D eigenvalue weighted by Crippen LogP contribution is -2.45. The quantitative estimate of drug-likeness (QED) is 0.326. The second-order valence-electron chi connectivity index (χ2n) is 8.60. The standard InChI is InChI=1S/C19H45NO2Si2/c1-10-12-15-20(19(4,5)6)16-13-14-17-24(9,21-11-2)22-18(3)23(7)8/h18,23H,10-17H2,1-9H3. The summed E-state index contributed by atoms with van der Waals surface area (Å²) in [5, 5.41) is 0. The molecule has 0 aromatic heterocycles. The van der Waals surface area contributed by atoms with E-state index < -0.39 is 17.4 Å². The summed E-state index contributed by atoms with van der Waals surface area (Å²) in [4.78, 5) is 2.64. The fraction of sp³-hybridized carbons (Fsp3) is 1.00. The summed E-state index contributed by atoms with van der Waals surface area (Å²) >= 11 is 0. The van der Waals surface area contributed by atoms with Gasteiger partial charge in [0.2, 0.25) is 0 Å². The van der Waals surface area contributed by atoms with Crippen molar-refractivity contribution < 1.29 is 8.85 Å². The molecule has 3 nitrogen and oxygen atoms in total. The van der Waals surface area contributed by atoms with Crippen LogP contribution in [-0.4, -0.2) is 53.2 Å². The molecule has 0 rings (SSSR count). The summed E-state index contributed by atoms with van der Waals surface area (Å²) < 4.78 is 12.6. The highest BCUT2D eigenvalue weighted by Gasteiger charge is 2.33. The SMILES string of the molecule is CCCCN(CCCC[Si](C)(OCC)OC(C)[SiH](C)C)C(C)(C)C. The molecule has 146 valence electrons. The van der Waals surface area contributed by atoms with Crippen LogP contribution in [0.1, 0.15) is 67.2 Å². The van der Waals surface area contributed by atoms with Crippen LogP contribution in [0, 0.1) is 0 Å². The van der Waals surface area contributed by atoms with E-state index in [2.05, 4.69) is 66.1 Å². The van der Waals surface area contributed by atoms with Crippen molar-refractivity contribution in [2.45, 2.75) is 104 Å². The third kappa shape index (κ3) is 10.3. The van der Waals surface area contributed by atoms with Crippen LogP contribution in [-0.2, 0) is 8.85 Å². The molecule has 0 spiro atoms. The minimum Gasteiger partial charge on any atom is -0.395 e. The van der Waals surface area contributed by atoms with E-state index in [-0.39, 0.29) is 5.54 Å². The second-order valence-corrected chi connectivity index (χ2v) is 15.3. The van der Waals surface area contributed by atoms with Crippen molar-refractivity contribution in [1.29, 1.82) is 0 Å². The molecule has 0 aromatic rings. The first kappa shape index (κ1) is 24.3. The Balaban J connectivity index is 4.44. The molecule has 0 amide bonds. The van der Waals surface area contributed by atoms with E-state index in [1.807, 2.05) is 0 Å². The third-order valence-electron chi connectivity index (χ3n) is 4.86. The van der Waals surface area contributed by atoms with Gasteiger partial charge in [0, 0.05) is 17.9 Å². The molecule has 0 aliphatic carbocycles. The van der Waals surface area contributed by atoms with Crippen molar-refractivity contribution in [3.63, 3.8) is 0 Å². The van der Waals surface area contributed by atoms with Gasteiger partial charge in [-0.25, -0.2) is 0 Å². The first-order valence-electron chi connectivity index (χ1n) is 10.1. The van der Waals surface area contributed by atoms with Gasteiger partial charge in [0.1, 0.15) is 0 Å². The van der Waals surface area contributed by atoms with Gasteiger partial charge in [-0.2, -0.15) is 0 Å². The monoisotopic (exact) mass is 375 g/mol. The highest BCUT2D eigenvalue weighted by Crippen LogP contribution is 2.22. The van der Waals surface area contributed by atoms with E-state index in [9.17, 15) is 0 Å². The molecule has 0 heterocycles. The molecule has 5 heteroatoms. The summed E-state index contributed by atoms with van der Waals surface area (Å²) in [5.41, 5.74) is 0.688. The Hall–Kier alpha value is 0.314. The van der Waals surface area contributed by atoms with Gasteiger partial charge in [-0.1, -0.05) is 32.9 Å². The average molecular weight is 376 g/mol. The molecule has 0 N–H and O–H groups in total. The third-order valence-corrected chi connectivity index (χ3v) is 10.2. The van der Waals surface area contributed by atoms with E-state index in [0.717, 1.165) is 12.7 Å². The molecule has 2 unspecified atom stereocenters. The van der Waals surface area contributed by atoms with Crippen molar-refractivity contribution >= 4 is 17.4 Å².